The monoisotopic (exact) mass is 279 g/mol. The van der Waals surface area contributed by atoms with Crippen molar-refractivity contribution in [1.29, 1.82) is 0 Å². The SMILES string of the molecule is O=C(O)c1sc(-n2cnc3ccccc32)nc1Cl. The summed E-state index contributed by atoms with van der Waals surface area (Å²) in [7, 11) is 0. The number of nitrogens with zero attached hydrogens (tertiary/aromatic N) is 3. The van der Waals surface area contributed by atoms with Crippen LogP contribution in [0.1, 0.15) is 9.67 Å². The zero-order chi connectivity index (χ0) is 12.7. The molecule has 5 nitrogen and oxygen atoms in total. The van der Waals surface area contributed by atoms with Gasteiger partial charge in [-0.1, -0.05) is 35.1 Å². The lowest BCUT2D eigenvalue weighted by molar-refractivity contribution is 0.0702. The molecular formula is C11H6ClN3O2S. The van der Waals surface area contributed by atoms with Gasteiger partial charge in [0.1, 0.15) is 6.33 Å². The zero-order valence-corrected chi connectivity index (χ0v) is 10.4. The van der Waals surface area contributed by atoms with E-state index in [9.17, 15) is 4.79 Å². The van der Waals surface area contributed by atoms with Gasteiger partial charge in [0.2, 0.25) is 0 Å². The molecule has 2 aromatic heterocycles. The lowest BCUT2D eigenvalue weighted by Crippen LogP contribution is -1.91. The Morgan fingerprint density at radius 2 is 2.17 bits per heavy atom. The molecule has 0 aliphatic heterocycles. The lowest BCUT2D eigenvalue weighted by atomic mass is 10.3. The maximum absolute atomic E-state index is 10.9. The van der Waals surface area contributed by atoms with Gasteiger partial charge in [-0.05, 0) is 12.1 Å². The molecule has 2 heterocycles. The summed E-state index contributed by atoms with van der Waals surface area (Å²) in [6.07, 6.45) is 1.60. The number of halogens is 1. The van der Waals surface area contributed by atoms with Crippen LogP contribution in [-0.2, 0) is 0 Å². The largest absolute Gasteiger partial charge is 0.477 e. The standard InChI is InChI=1S/C11H6ClN3O2S/c12-9-8(10(16)17)18-11(14-9)15-5-13-6-3-1-2-4-7(6)15/h1-5H,(H,16,17). The van der Waals surface area contributed by atoms with E-state index in [-0.39, 0.29) is 10.0 Å². The van der Waals surface area contributed by atoms with Gasteiger partial charge in [0, 0.05) is 0 Å². The van der Waals surface area contributed by atoms with Gasteiger partial charge >= 0.3 is 5.97 Å². The van der Waals surface area contributed by atoms with Crippen LogP contribution in [0.3, 0.4) is 0 Å². The Bertz CT molecular complexity index is 750. The minimum Gasteiger partial charge on any atom is -0.477 e. The van der Waals surface area contributed by atoms with Crippen molar-refractivity contribution in [3.8, 4) is 5.13 Å². The fourth-order valence-electron chi connectivity index (χ4n) is 1.64. The van der Waals surface area contributed by atoms with Crippen LogP contribution in [0.15, 0.2) is 30.6 Å². The molecule has 7 heteroatoms. The molecule has 0 atom stereocenters. The molecule has 1 aromatic carbocycles. The number of benzene rings is 1. The summed E-state index contributed by atoms with van der Waals surface area (Å²) in [6.45, 7) is 0. The number of carboxylic acid groups (broad SMARTS) is 1. The minimum atomic E-state index is -1.08. The van der Waals surface area contributed by atoms with Crippen LogP contribution in [0.2, 0.25) is 5.15 Å². The Hall–Kier alpha value is -1.92. The molecule has 0 saturated carbocycles. The number of fused-ring (bicyclic) bond motifs is 1. The third kappa shape index (κ3) is 1.66. The van der Waals surface area contributed by atoms with Crippen molar-refractivity contribution in [3.63, 3.8) is 0 Å². The number of para-hydroxylation sites is 2. The molecular weight excluding hydrogens is 274 g/mol. The van der Waals surface area contributed by atoms with E-state index in [1.54, 1.807) is 10.9 Å². The van der Waals surface area contributed by atoms with Crippen molar-refractivity contribution < 1.29 is 9.90 Å². The second-order valence-electron chi connectivity index (χ2n) is 3.52. The first-order chi connectivity index (χ1) is 8.66. The van der Waals surface area contributed by atoms with E-state index in [1.165, 1.54) is 0 Å². The fourth-order valence-corrected chi connectivity index (χ4v) is 2.74. The number of carbonyl (C=O) groups is 1. The summed E-state index contributed by atoms with van der Waals surface area (Å²) in [6, 6.07) is 7.53. The highest BCUT2D eigenvalue weighted by molar-refractivity contribution is 7.16. The Morgan fingerprint density at radius 3 is 2.89 bits per heavy atom. The fraction of sp³-hybridized carbons (Fsp3) is 0. The van der Waals surface area contributed by atoms with Crippen molar-refractivity contribution in [2.45, 2.75) is 0 Å². The maximum atomic E-state index is 10.9. The molecule has 0 bridgehead atoms. The average molecular weight is 280 g/mol. The highest BCUT2D eigenvalue weighted by Crippen LogP contribution is 2.27. The van der Waals surface area contributed by atoms with Gasteiger partial charge in [-0.15, -0.1) is 0 Å². The predicted molar refractivity (Wildman–Crippen MR) is 68.7 cm³/mol. The third-order valence-corrected chi connectivity index (χ3v) is 3.86. The summed E-state index contributed by atoms with van der Waals surface area (Å²) in [5, 5.41) is 9.44. The predicted octanol–water partition coefficient (Wildman–Crippen LogP) is 2.83. The molecule has 0 spiro atoms. The molecule has 0 radical (unpaired) electrons. The second-order valence-corrected chi connectivity index (χ2v) is 4.86. The van der Waals surface area contributed by atoms with Gasteiger partial charge in [0.05, 0.1) is 11.0 Å². The van der Waals surface area contributed by atoms with E-state index < -0.39 is 5.97 Å². The van der Waals surface area contributed by atoms with Crippen LogP contribution in [0.4, 0.5) is 0 Å². The summed E-state index contributed by atoms with van der Waals surface area (Å²) in [5.41, 5.74) is 1.68. The Balaban J connectivity index is 2.20. The number of hydrogen-bond acceptors (Lipinski definition) is 4. The van der Waals surface area contributed by atoms with E-state index in [0.717, 1.165) is 22.4 Å². The van der Waals surface area contributed by atoms with Gasteiger partial charge in [-0.25, -0.2) is 14.8 Å². The van der Waals surface area contributed by atoms with Crippen LogP contribution < -0.4 is 0 Å². The topological polar surface area (TPSA) is 68.0 Å². The van der Waals surface area contributed by atoms with Gasteiger partial charge < -0.3 is 5.11 Å². The highest BCUT2D eigenvalue weighted by atomic mass is 35.5. The number of hydrogen-bond donors (Lipinski definition) is 1. The summed E-state index contributed by atoms with van der Waals surface area (Å²) < 4.78 is 1.72. The number of carboxylic acids is 1. The van der Waals surface area contributed by atoms with Gasteiger partial charge in [-0.2, -0.15) is 0 Å². The van der Waals surface area contributed by atoms with Crippen molar-refractivity contribution in [1.82, 2.24) is 14.5 Å². The van der Waals surface area contributed by atoms with E-state index >= 15 is 0 Å². The molecule has 0 unspecified atom stereocenters. The molecule has 90 valence electrons. The molecule has 1 N–H and O–H groups in total. The number of thiazole rings is 1. The minimum absolute atomic E-state index is 0.000260. The van der Waals surface area contributed by atoms with Gasteiger partial charge in [0.15, 0.2) is 15.2 Å². The Kier molecular flexibility index (Phi) is 2.53. The zero-order valence-electron chi connectivity index (χ0n) is 8.87. The van der Waals surface area contributed by atoms with E-state index in [0.29, 0.717) is 5.13 Å². The van der Waals surface area contributed by atoms with E-state index in [4.69, 9.17) is 16.7 Å². The van der Waals surface area contributed by atoms with Gasteiger partial charge in [0.25, 0.3) is 0 Å². The maximum Gasteiger partial charge on any atom is 0.349 e. The van der Waals surface area contributed by atoms with Crippen LogP contribution >= 0.6 is 22.9 Å². The normalized spacial score (nSPS) is 10.9. The molecule has 3 rings (SSSR count). The second kappa shape index (κ2) is 4.08. The first-order valence-electron chi connectivity index (χ1n) is 4.99. The average Bonchev–Trinajstić information content (AvgIpc) is 2.92. The third-order valence-electron chi connectivity index (χ3n) is 2.43. The number of aromatic nitrogens is 3. The molecule has 0 saturated heterocycles. The first-order valence-corrected chi connectivity index (χ1v) is 6.18. The smallest absolute Gasteiger partial charge is 0.349 e. The van der Waals surface area contributed by atoms with Crippen molar-refractivity contribution in [2.75, 3.05) is 0 Å². The number of aromatic carboxylic acids is 1. The molecule has 0 aliphatic rings. The molecule has 0 amide bonds. The van der Waals surface area contributed by atoms with E-state index in [1.807, 2.05) is 24.3 Å². The van der Waals surface area contributed by atoms with Crippen LogP contribution in [-0.4, -0.2) is 25.6 Å². The number of rotatable bonds is 2. The van der Waals surface area contributed by atoms with Gasteiger partial charge in [-0.3, -0.25) is 4.57 Å². The summed E-state index contributed by atoms with van der Waals surface area (Å²) >= 11 is 6.81. The molecule has 0 fully saturated rings. The Labute approximate surface area is 110 Å². The van der Waals surface area contributed by atoms with Crippen molar-refractivity contribution >= 4 is 39.9 Å². The summed E-state index contributed by atoms with van der Waals surface area (Å²) in [4.78, 5) is 19.2. The Morgan fingerprint density at radius 1 is 1.39 bits per heavy atom. The highest BCUT2D eigenvalue weighted by Gasteiger charge is 2.17. The lowest BCUT2D eigenvalue weighted by Gasteiger charge is -1.97. The molecule has 0 aliphatic carbocycles. The van der Waals surface area contributed by atoms with Crippen molar-refractivity contribution in [3.05, 3.63) is 40.6 Å². The van der Waals surface area contributed by atoms with Crippen LogP contribution in [0, 0.1) is 0 Å². The molecule has 3 aromatic rings. The summed E-state index contributed by atoms with van der Waals surface area (Å²) in [5.74, 6) is -1.08. The first kappa shape index (κ1) is 11.2. The quantitative estimate of drug-likeness (QED) is 0.783. The van der Waals surface area contributed by atoms with Crippen LogP contribution in [0.5, 0.6) is 0 Å². The van der Waals surface area contributed by atoms with E-state index in [2.05, 4.69) is 9.97 Å². The van der Waals surface area contributed by atoms with Crippen LogP contribution in [0.25, 0.3) is 16.2 Å². The number of imidazole rings is 1. The molecule has 18 heavy (non-hydrogen) atoms. The van der Waals surface area contributed by atoms with Crippen molar-refractivity contribution in [2.24, 2.45) is 0 Å².